The minimum atomic E-state index is -0.766. The lowest BCUT2D eigenvalue weighted by Crippen LogP contribution is -2.30. The molecule has 0 aromatic carbocycles. The fourth-order valence-corrected chi connectivity index (χ4v) is 11.4. The fourth-order valence-electron chi connectivity index (χ4n) is 11.4. The lowest BCUT2D eigenvalue weighted by Gasteiger charge is -2.18. The summed E-state index contributed by atoms with van der Waals surface area (Å²) in [6.07, 6.45) is 87.2. The summed E-state index contributed by atoms with van der Waals surface area (Å²) in [5.74, 6) is -0.853. The van der Waals surface area contributed by atoms with Crippen LogP contribution in [0.1, 0.15) is 419 Å². The van der Waals surface area contributed by atoms with Crippen LogP contribution in [0.4, 0.5) is 0 Å². The maximum absolute atomic E-state index is 12.9. The van der Waals surface area contributed by atoms with Gasteiger partial charge in [0, 0.05) is 19.3 Å². The smallest absolute Gasteiger partial charge is 0.306 e. The number of allylic oxidation sites excluding steroid dienone is 4. The molecule has 1 atom stereocenters. The van der Waals surface area contributed by atoms with Gasteiger partial charge in [0.05, 0.1) is 0 Å². The summed E-state index contributed by atoms with van der Waals surface area (Å²) in [6.45, 7) is 6.62. The topological polar surface area (TPSA) is 78.9 Å². The van der Waals surface area contributed by atoms with Gasteiger partial charge >= 0.3 is 17.9 Å². The molecule has 0 amide bonds. The van der Waals surface area contributed by atoms with Crippen molar-refractivity contribution in [1.29, 1.82) is 0 Å². The molecule has 0 saturated heterocycles. The van der Waals surface area contributed by atoms with Gasteiger partial charge in [-0.05, 0) is 51.4 Å². The molecule has 0 aliphatic heterocycles. The third-order valence-electron chi connectivity index (χ3n) is 17.0. The second kappa shape index (κ2) is 70.4. The van der Waals surface area contributed by atoms with Crippen LogP contribution in [0.3, 0.4) is 0 Å². The van der Waals surface area contributed by atoms with Gasteiger partial charge in [0.15, 0.2) is 6.10 Å². The van der Waals surface area contributed by atoms with Gasteiger partial charge in [0.25, 0.3) is 0 Å². The molecular weight excluding hydrogens is 997 g/mol. The lowest BCUT2D eigenvalue weighted by molar-refractivity contribution is -0.167. The summed E-state index contributed by atoms with van der Waals surface area (Å²) in [6, 6.07) is 0. The molecule has 6 nitrogen and oxygen atoms in total. The summed E-state index contributed by atoms with van der Waals surface area (Å²) in [5, 5.41) is 0. The highest BCUT2D eigenvalue weighted by molar-refractivity contribution is 5.71. The number of unbranched alkanes of at least 4 members (excludes halogenated alkanes) is 54. The van der Waals surface area contributed by atoms with Crippen molar-refractivity contribution < 1.29 is 28.6 Å². The van der Waals surface area contributed by atoms with Crippen LogP contribution in [0, 0.1) is 0 Å². The average Bonchev–Trinajstić information content (AvgIpc) is 3.47. The molecule has 0 spiro atoms. The van der Waals surface area contributed by atoms with E-state index in [-0.39, 0.29) is 31.1 Å². The van der Waals surface area contributed by atoms with Crippen LogP contribution in [0.15, 0.2) is 24.3 Å². The maximum atomic E-state index is 12.9. The minimum Gasteiger partial charge on any atom is -0.462 e. The Kier molecular flexibility index (Phi) is 68.5. The normalized spacial score (nSPS) is 12.1. The van der Waals surface area contributed by atoms with Crippen molar-refractivity contribution in [1.82, 2.24) is 0 Å². The van der Waals surface area contributed by atoms with Crippen molar-refractivity contribution in [2.75, 3.05) is 13.2 Å². The molecule has 0 saturated carbocycles. The number of carbonyl (C=O) groups excluding carboxylic acids is 3. The van der Waals surface area contributed by atoms with Gasteiger partial charge in [-0.1, -0.05) is 373 Å². The van der Waals surface area contributed by atoms with Crippen LogP contribution in [0.2, 0.25) is 0 Å². The number of esters is 3. The fraction of sp³-hybridized carbons (Fsp3) is 0.907. The Morgan fingerprint density at radius 2 is 0.444 bits per heavy atom. The van der Waals surface area contributed by atoms with Gasteiger partial charge in [-0.3, -0.25) is 14.4 Å². The van der Waals surface area contributed by atoms with Crippen LogP contribution in [-0.2, 0) is 28.6 Å². The second-order valence-electron chi connectivity index (χ2n) is 25.2. The molecule has 0 aliphatic rings. The quantitative estimate of drug-likeness (QED) is 0.0261. The molecule has 0 aliphatic carbocycles. The first-order valence-corrected chi connectivity index (χ1v) is 36.8. The zero-order valence-corrected chi connectivity index (χ0v) is 55.1. The second-order valence-corrected chi connectivity index (χ2v) is 25.2. The first-order valence-electron chi connectivity index (χ1n) is 36.8. The predicted octanol–water partition coefficient (Wildman–Crippen LogP) is 25.3. The number of carbonyl (C=O) groups is 3. The van der Waals surface area contributed by atoms with Crippen LogP contribution >= 0.6 is 0 Å². The summed E-state index contributed by atoms with van der Waals surface area (Å²) in [7, 11) is 0. The monoisotopic (exact) mass is 1140 g/mol. The molecule has 6 heteroatoms. The van der Waals surface area contributed by atoms with Crippen molar-refractivity contribution in [3.05, 3.63) is 24.3 Å². The number of hydrogen-bond donors (Lipinski definition) is 0. The molecule has 0 heterocycles. The number of ether oxygens (including phenoxy) is 3. The first-order chi connectivity index (χ1) is 40.0. The van der Waals surface area contributed by atoms with Gasteiger partial charge in [-0.2, -0.15) is 0 Å². The Bertz CT molecular complexity index is 1310. The van der Waals surface area contributed by atoms with E-state index in [2.05, 4.69) is 45.1 Å². The minimum absolute atomic E-state index is 0.0662. The van der Waals surface area contributed by atoms with Crippen LogP contribution in [0.5, 0.6) is 0 Å². The van der Waals surface area contributed by atoms with E-state index in [1.807, 2.05) is 0 Å². The van der Waals surface area contributed by atoms with Crippen LogP contribution in [0.25, 0.3) is 0 Å². The molecular formula is C75H142O6. The van der Waals surface area contributed by atoms with Gasteiger partial charge in [0.1, 0.15) is 13.2 Å². The van der Waals surface area contributed by atoms with Crippen LogP contribution in [-0.4, -0.2) is 37.2 Å². The third-order valence-corrected chi connectivity index (χ3v) is 17.0. The molecule has 0 fully saturated rings. The summed E-state index contributed by atoms with van der Waals surface area (Å²) < 4.78 is 16.8. The van der Waals surface area contributed by atoms with E-state index in [1.54, 1.807) is 0 Å². The molecule has 0 N–H and O–H groups in total. The zero-order valence-electron chi connectivity index (χ0n) is 55.1. The van der Waals surface area contributed by atoms with E-state index >= 15 is 0 Å². The van der Waals surface area contributed by atoms with Crippen molar-refractivity contribution in [3.8, 4) is 0 Å². The first kappa shape index (κ1) is 78.9. The predicted molar refractivity (Wildman–Crippen MR) is 353 cm³/mol. The van der Waals surface area contributed by atoms with Gasteiger partial charge in [-0.25, -0.2) is 0 Å². The van der Waals surface area contributed by atoms with Crippen molar-refractivity contribution in [2.24, 2.45) is 0 Å². The highest BCUT2D eigenvalue weighted by Gasteiger charge is 2.19. The molecule has 0 bridgehead atoms. The van der Waals surface area contributed by atoms with Crippen molar-refractivity contribution in [3.63, 3.8) is 0 Å². The summed E-state index contributed by atoms with van der Waals surface area (Å²) >= 11 is 0. The Hall–Kier alpha value is -2.11. The molecule has 0 aromatic heterocycles. The zero-order chi connectivity index (χ0) is 58.5. The average molecular weight is 1140 g/mol. The molecule has 478 valence electrons. The molecule has 0 rings (SSSR count). The van der Waals surface area contributed by atoms with Crippen molar-refractivity contribution in [2.45, 2.75) is 425 Å². The summed E-state index contributed by atoms with van der Waals surface area (Å²) in [4.78, 5) is 38.0. The van der Waals surface area contributed by atoms with Crippen molar-refractivity contribution >= 4 is 17.9 Å². The maximum Gasteiger partial charge on any atom is 0.306 e. The molecule has 0 aromatic rings. The lowest BCUT2D eigenvalue weighted by atomic mass is 10.0. The van der Waals surface area contributed by atoms with Gasteiger partial charge in [0.2, 0.25) is 0 Å². The van der Waals surface area contributed by atoms with E-state index in [9.17, 15) is 14.4 Å². The van der Waals surface area contributed by atoms with Gasteiger partial charge in [-0.15, -0.1) is 0 Å². The summed E-state index contributed by atoms with van der Waals surface area (Å²) in [5.41, 5.74) is 0. The van der Waals surface area contributed by atoms with E-state index < -0.39 is 6.10 Å². The molecule has 0 radical (unpaired) electrons. The molecule has 1 unspecified atom stereocenters. The Labute approximate surface area is 506 Å². The highest BCUT2D eigenvalue weighted by Crippen LogP contribution is 2.19. The SMILES string of the molecule is CCCCCCC/C=C\C/C=C\CCCCCCCCCCCCCCCC(=O)OC(COC(=O)CCCCCCC)COC(=O)CCCCCCCCCCCCCCCCCCCCCCCCCCCCCCCCCCC. The standard InChI is InChI=1S/C75H142O6/c1-4-7-10-13-15-17-19-21-23-25-27-29-31-33-34-35-36-37-38-39-40-42-43-45-47-49-51-53-55-57-59-62-65-68-74(77)80-71-72(70-79-73(76)67-64-61-12-9-6-3)81-75(78)69-66-63-60-58-56-54-52-50-48-46-44-41-32-30-28-26-24-22-20-18-16-14-11-8-5-2/h20,22,26,28,72H,4-19,21,23-25,27,29-71H2,1-3H3/b22-20-,28-26-. The largest absolute Gasteiger partial charge is 0.462 e. The number of rotatable bonds is 69. The Morgan fingerprint density at radius 3 is 0.679 bits per heavy atom. The van der Waals surface area contributed by atoms with E-state index in [1.165, 1.54) is 308 Å². The van der Waals surface area contributed by atoms with Gasteiger partial charge < -0.3 is 14.2 Å². The Morgan fingerprint density at radius 1 is 0.247 bits per heavy atom. The third kappa shape index (κ3) is 68.6. The van der Waals surface area contributed by atoms with E-state index in [0.29, 0.717) is 19.3 Å². The van der Waals surface area contributed by atoms with E-state index in [0.717, 1.165) is 70.6 Å². The number of hydrogen-bond acceptors (Lipinski definition) is 6. The Balaban J connectivity index is 3.87. The molecule has 81 heavy (non-hydrogen) atoms. The highest BCUT2D eigenvalue weighted by atomic mass is 16.6. The van der Waals surface area contributed by atoms with Crippen LogP contribution < -0.4 is 0 Å². The van der Waals surface area contributed by atoms with E-state index in [4.69, 9.17) is 14.2 Å².